The number of amides is 2. The molecule has 1 saturated heterocycles. The first-order valence-electron chi connectivity index (χ1n) is 11.2. The van der Waals surface area contributed by atoms with Gasteiger partial charge in [0.15, 0.2) is 11.5 Å². The molecule has 1 aliphatic rings. The minimum absolute atomic E-state index is 0.195. The normalized spacial score (nSPS) is 15.0. The van der Waals surface area contributed by atoms with Gasteiger partial charge < -0.3 is 14.2 Å². The van der Waals surface area contributed by atoms with Gasteiger partial charge in [-0.3, -0.25) is 14.5 Å². The van der Waals surface area contributed by atoms with Gasteiger partial charge in [0.2, 0.25) is 0 Å². The molecule has 6 nitrogen and oxygen atoms in total. The molecule has 0 aliphatic carbocycles. The number of hydrogen-bond acceptors (Lipinski definition) is 6. The molecule has 0 atom stereocenters. The predicted octanol–water partition coefficient (Wildman–Crippen LogP) is 6.03. The van der Waals surface area contributed by atoms with Gasteiger partial charge in [-0.25, -0.2) is 0 Å². The summed E-state index contributed by atoms with van der Waals surface area (Å²) in [6, 6.07) is 11.6. The van der Waals surface area contributed by atoms with Crippen LogP contribution in [0.25, 0.3) is 6.08 Å². The van der Waals surface area contributed by atoms with Gasteiger partial charge in [-0.1, -0.05) is 32.0 Å². The molecule has 2 aromatic rings. The Morgan fingerprint density at radius 1 is 0.939 bits per heavy atom. The number of carbonyl (C=O) groups is 2. The summed E-state index contributed by atoms with van der Waals surface area (Å²) in [4.78, 5) is 27.0. The third-order valence-corrected chi connectivity index (χ3v) is 6.01. The van der Waals surface area contributed by atoms with Gasteiger partial charge >= 0.3 is 0 Å². The number of hydrogen-bond donors (Lipinski definition) is 0. The molecule has 33 heavy (non-hydrogen) atoms. The molecule has 0 aromatic heterocycles. The summed E-state index contributed by atoms with van der Waals surface area (Å²) in [5.74, 6) is 2.06. The smallest absolute Gasteiger partial charge is 0.293 e. The molecule has 0 N–H and O–H groups in total. The lowest BCUT2D eigenvalue weighted by Crippen LogP contribution is -2.32. The first-order chi connectivity index (χ1) is 15.8. The number of rotatable bonds is 10. The van der Waals surface area contributed by atoms with Crippen LogP contribution in [-0.4, -0.2) is 42.4 Å². The topological polar surface area (TPSA) is 65.1 Å². The average Bonchev–Trinajstić information content (AvgIpc) is 3.03. The first kappa shape index (κ1) is 24.7. The summed E-state index contributed by atoms with van der Waals surface area (Å²) in [5, 5.41) is -0.292. The third-order valence-electron chi connectivity index (χ3n) is 5.10. The minimum atomic E-state index is -0.311. The highest BCUT2D eigenvalue weighted by Crippen LogP contribution is 2.35. The number of thioether (sulfide) groups is 1. The van der Waals surface area contributed by atoms with E-state index in [1.807, 2.05) is 45.0 Å². The highest BCUT2D eigenvalue weighted by Gasteiger charge is 2.34. The molecule has 2 amide bonds. The summed E-state index contributed by atoms with van der Waals surface area (Å²) in [7, 11) is 0. The fourth-order valence-electron chi connectivity index (χ4n) is 3.49. The van der Waals surface area contributed by atoms with Crippen LogP contribution in [0.3, 0.4) is 0 Å². The summed E-state index contributed by atoms with van der Waals surface area (Å²) in [6.45, 7) is 11.5. The highest BCUT2D eigenvalue weighted by molar-refractivity contribution is 8.18. The highest BCUT2D eigenvalue weighted by atomic mass is 32.2. The van der Waals surface area contributed by atoms with E-state index in [9.17, 15) is 9.59 Å². The Morgan fingerprint density at radius 3 is 2.36 bits per heavy atom. The van der Waals surface area contributed by atoms with Crippen LogP contribution in [0.4, 0.5) is 4.79 Å². The molecule has 0 radical (unpaired) electrons. The van der Waals surface area contributed by atoms with Crippen molar-refractivity contribution >= 4 is 29.0 Å². The summed E-state index contributed by atoms with van der Waals surface area (Å²) >= 11 is 0.938. The number of benzene rings is 2. The molecule has 1 aliphatic heterocycles. The molecule has 2 aromatic carbocycles. The molecule has 1 heterocycles. The van der Waals surface area contributed by atoms with Crippen LogP contribution in [0.2, 0.25) is 0 Å². The zero-order chi connectivity index (χ0) is 24.0. The van der Waals surface area contributed by atoms with E-state index in [1.54, 1.807) is 6.08 Å². The van der Waals surface area contributed by atoms with Crippen LogP contribution >= 0.6 is 11.8 Å². The lowest BCUT2D eigenvalue weighted by molar-refractivity contribution is -0.123. The molecular weight excluding hydrogens is 438 g/mol. The van der Waals surface area contributed by atoms with Crippen molar-refractivity contribution in [2.45, 2.75) is 40.5 Å². The molecule has 176 valence electrons. The van der Waals surface area contributed by atoms with Crippen molar-refractivity contribution in [1.82, 2.24) is 4.90 Å². The van der Waals surface area contributed by atoms with Crippen molar-refractivity contribution in [3.63, 3.8) is 0 Å². The fourth-order valence-corrected chi connectivity index (χ4v) is 4.36. The Balaban J connectivity index is 1.69. The largest absolute Gasteiger partial charge is 0.491 e. The lowest BCUT2D eigenvalue weighted by Gasteiger charge is -2.17. The van der Waals surface area contributed by atoms with Crippen LogP contribution in [-0.2, 0) is 4.79 Å². The zero-order valence-electron chi connectivity index (χ0n) is 19.8. The van der Waals surface area contributed by atoms with E-state index in [1.165, 1.54) is 4.90 Å². The summed E-state index contributed by atoms with van der Waals surface area (Å²) < 4.78 is 17.2. The van der Waals surface area contributed by atoms with Gasteiger partial charge in [-0.2, -0.15) is 0 Å². The predicted molar refractivity (Wildman–Crippen MR) is 132 cm³/mol. The summed E-state index contributed by atoms with van der Waals surface area (Å²) in [5.41, 5.74) is 2.98. The number of carbonyl (C=O) groups excluding carboxylic acids is 2. The van der Waals surface area contributed by atoms with Crippen molar-refractivity contribution in [3.05, 3.63) is 58.0 Å². The molecule has 1 fully saturated rings. The SMILES string of the molecule is CCOc1ccc(/C=C2\SC(=O)N(CCOc3cc(C)ccc3C(C)C)C2=O)cc1OCC. The Hall–Kier alpha value is -2.93. The van der Waals surface area contributed by atoms with Gasteiger partial charge in [0.1, 0.15) is 12.4 Å². The van der Waals surface area contributed by atoms with Crippen molar-refractivity contribution < 1.29 is 23.8 Å². The average molecular weight is 470 g/mol. The van der Waals surface area contributed by atoms with Gasteiger partial charge in [0.05, 0.1) is 24.7 Å². The van der Waals surface area contributed by atoms with Crippen LogP contribution in [0.5, 0.6) is 17.2 Å². The maximum atomic E-state index is 12.9. The van der Waals surface area contributed by atoms with E-state index in [4.69, 9.17) is 14.2 Å². The number of ether oxygens (including phenoxy) is 3. The quantitative estimate of drug-likeness (QED) is 0.396. The number of imide groups is 1. The first-order valence-corrected chi connectivity index (χ1v) is 12.0. The Kier molecular flexibility index (Phi) is 8.44. The second-order valence-corrected chi connectivity index (χ2v) is 8.94. The molecule has 0 saturated carbocycles. The molecule has 7 heteroatoms. The molecule has 0 spiro atoms. The van der Waals surface area contributed by atoms with Crippen LogP contribution in [0.15, 0.2) is 41.3 Å². The molecule has 0 bridgehead atoms. The Labute approximate surface area is 199 Å². The second kappa shape index (κ2) is 11.3. The number of aryl methyl sites for hydroxylation is 1. The third kappa shape index (κ3) is 6.11. The van der Waals surface area contributed by atoms with Crippen molar-refractivity contribution in [2.75, 3.05) is 26.4 Å². The van der Waals surface area contributed by atoms with Gasteiger partial charge in [0.25, 0.3) is 11.1 Å². The van der Waals surface area contributed by atoms with Crippen molar-refractivity contribution in [2.24, 2.45) is 0 Å². The molecule has 3 rings (SSSR count). The van der Waals surface area contributed by atoms with Gasteiger partial charge in [0, 0.05) is 0 Å². The van der Waals surface area contributed by atoms with Crippen LogP contribution in [0, 0.1) is 6.92 Å². The Morgan fingerprint density at radius 2 is 1.67 bits per heavy atom. The fraction of sp³-hybridized carbons (Fsp3) is 0.385. The van der Waals surface area contributed by atoms with Crippen LogP contribution in [0.1, 0.15) is 50.3 Å². The van der Waals surface area contributed by atoms with E-state index < -0.39 is 0 Å². The lowest BCUT2D eigenvalue weighted by atomic mass is 10.0. The maximum Gasteiger partial charge on any atom is 0.293 e. The maximum absolute atomic E-state index is 12.9. The van der Waals surface area contributed by atoms with Crippen molar-refractivity contribution in [1.29, 1.82) is 0 Å². The standard InChI is InChI=1S/C26H31NO5S/c1-6-30-21-11-9-19(15-23(21)31-7-2)16-24-25(28)27(26(29)33-24)12-13-32-22-14-18(5)8-10-20(22)17(3)4/h8-11,14-17H,6-7,12-13H2,1-5H3/b24-16-. The minimum Gasteiger partial charge on any atom is -0.491 e. The monoisotopic (exact) mass is 469 g/mol. The molecular formula is C26H31NO5S. The van der Waals surface area contributed by atoms with Crippen LogP contribution < -0.4 is 14.2 Å². The van der Waals surface area contributed by atoms with Crippen molar-refractivity contribution in [3.8, 4) is 17.2 Å². The van der Waals surface area contributed by atoms with E-state index in [0.29, 0.717) is 35.5 Å². The molecule has 0 unspecified atom stereocenters. The number of nitrogens with zero attached hydrogens (tertiary/aromatic N) is 1. The van der Waals surface area contributed by atoms with E-state index in [-0.39, 0.29) is 24.3 Å². The van der Waals surface area contributed by atoms with Gasteiger partial charge in [-0.15, -0.1) is 0 Å². The zero-order valence-corrected chi connectivity index (χ0v) is 20.7. The van der Waals surface area contributed by atoms with E-state index >= 15 is 0 Å². The second-order valence-electron chi connectivity index (χ2n) is 7.95. The van der Waals surface area contributed by atoms with Gasteiger partial charge in [-0.05, 0) is 79.4 Å². The summed E-state index contributed by atoms with van der Waals surface area (Å²) in [6.07, 6.45) is 1.71. The Bertz CT molecular complexity index is 1050. The van der Waals surface area contributed by atoms with E-state index in [2.05, 4.69) is 26.0 Å². The van der Waals surface area contributed by atoms with E-state index in [0.717, 1.165) is 34.2 Å².